The molecule has 3 saturated heterocycles. The number of aromatic nitrogens is 2. The summed E-state index contributed by atoms with van der Waals surface area (Å²) in [6, 6.07) is 38.8. The minimum absolute atomic E-state index is 0.00131. The zero-order chi connectivity index (χ0) is 86.9. The topological polar surface area (TPSA) is 258 Å². The minimum atomic E-state index is -3.75. The average molecular weight is 1710 g/mol. The summed E-state index contributed by atoms with van der Waals surface area (Å²) < 4.78 is 63.2. The highest BCUT2D eigenvalue weighted by atomic mass is 32.2. The second-order valence-corrected chi connectivity index (χ2v) is 35.3. The maximum absolute atomic E-state index is 14.0. The maximum atomic E-state index is 14.0. The summed E-state index contributed by atoms with van der Waals surface area (Å²) in [6.07, 6.45) is 5.44. The molecule has 0 radical (unpaired) electrons. The molecule has 0 spiro atoms. The summed E-state index contributed by atoms with van der Waals surface area (Å²) in [6.45, 7) is 32.0. The standard InChI is InChI=1S/C31H42N6O5S.C31H38N4O4S.C31H44N4O4/c1-6-35-15-17-36(18-16-35)27-10-7-9-24-25(27)20-37(31(24)38)26(23-12-13-28(41-4)29(19-23)42-5)11-8-14-32-43(39,40)30-21-34(3)22(2)33-30;1-4-33-15-17-34(18-16-33)26-9-5-8-23-24(26)21-35(31(23)37)25(22-12-13-27(38-2)28(20-22)39-3)10-6-14-32-30(36)29-11-7-19-40-29;1-7-33-16-18-34(19-17-33)26-11-8-10-23-24(26)21-35(29(23)36)25(12-9-15-32-30(37)31(2,3)4)22-13-14-27(38-5)28(20-22)39-6/h7,9-10,12-13,19,21,26,32H,6,8,11,14-18,20H2,1-5H3;5,7-9,11-13,19-20,25H,4,6,10,14-18,21H2,1-3H3,(H,32,36);8,10-11,13-14,20,25H,7,9,12,15-19,21H2,1-6H3,(H,32,37)/t26-;2*25-/m111/s1. The number of thiophene rings is 1. The van der Waals surface area contributed by atoms with Crippen molar-refractivity contribution < 1.29 is 60.8 Å². The Hall–Kier alpha value is -10.4. The lowest BCUT2D eigenvalue weighted by molar-refractivity contribution is -0.128. The molecule has 3 atom stereocenters. The Morgan fingerprint density at radius 2 is 0.820 bits per heavy atom. The van der Waals surface area contributed by atoms with Gasteiger partial charge in [0.1, 0.15) is 5.82 Å². The predicted octanol–water partition coefficient (Wildman–Crippen LogP) is 12.6. The van der Waals surface area contributed by atoms with Gasteiger partial charge in [0.15, 0.2) is 39.5 Å². The largest absolute Gasteiger partial charge is 0.493 e. The van der Waals surface area contributed by atoms with E-state index in [0.29, 0.717) is 104 Å². The number of methoxy groups -OCH3 is 6. The number of fused-ring (bicyclic) bond motifs is 3. The van der Waals surface area contributed by atoms with Gasteiger partial charge < -0.3 is 87.7 Å². The number of likely N-dealkylation sites (N-methyl/N-ethyl adjacent to an activating group) is 3. The highest BCUT2D eigenvalue weighted by Crippen LogP contribution is 2.45. The van der Waals surface area contributed by atoms with Crippen LogP contribution in [-0.2, 0) is 41.5 Å². The molecule has 29 heteroatoms. The van der Waals surface area contributed by atoms with Gasteiger partial charge in [0.2, 0.25) is 5.91 Å². The second kappa shape index (κ2) is 41.6. The lowest BCUT2D eigenvalue weighted by atomic mass is 9.95. The molecule has 5 amide bonds. The van der Waals surface area contributed by atoms with Crippen molar-refractivity contribution in [2.24, 2.45) is 12.5 Å². The highest BCUT2D eigenvalue weighted by Gasteiger charge is 2.41. The third kappa shape index (κ3) is 21.1. The van der Waals surface area contributed by atoms with E-state index >= 15 is 0 Å². The van der Waals surface area contributed by atoms with Crippen LogP contribution in [0.25, 0.3) is 0 Å². The molecule has 656 valence electrons. The number of imidazole rings is 1. The number of benzene rings is 6. The molecule has 0 saturated carbocycles. The first-order valence-electron chi connectivity index (χ1n) is 42.8. The first-order valence-corrected chi connectivity index (χ1v) is 45.2. The van der Waals surface area contributed by atoms with Crippen LogP contribution in [0.3, 0.4) is 0 Å². The van der Waals surface area contributed by atoms with Gasteiger partial charge in [-0.25, -0.2) is 18.1 Å². The van der Waals surface area contributed by atoms with E-state index in [4.69, 9.17) is 28.4 Å². The van der Waals surface area contributed by atoms with Crippen molar-refractivity contribution in [2.75, 3.05) is 175 Å². The zero-order valence-electron chi connectivity index (χ0n) is 73.6. The van der Waals surface area contributed by atoms with E-state index < -0.39 is 15.4 Å². The molecule has 14 rings (SSSR count). The zero-order valence-corrected chi connectivity index (χ0v) is 75.2. The molecule has 8 heterocycles. The molecule has 6 aliphatic rings. The number of ether oxygens (including phenoxy) is 6. The van der Waals surface area contributed by atoms with Gasteiger partial charge in [0.25, 0.3) is 33.7 Å². The van der Waals surface area contributed by atoms with E-state index in [9.17, 15) is 32.4 Å². The predicted molar refractivity (Wildman–Crippen MR) is 479 cm³/mol. The fourth-order valence-corrected chi connectivity index (χ4v) is 19.0. The first kappa shape index (κ1) is 90.8. The van der Waals surface area contributed by atoms with Crippen molar-refractivity contribution in [2.45, 2.75) is 130 Å². The minimum Gasteiger partial charge on any atom is -0.493 e. The van der Waals surface area contributed by atoms with Crippen molar-refractivity contribution in [3.05, 3.63) is 194 Å². The van der Waals surface area contributed by atoms with Crippen LogP contribution in [0.15, 0.2) is 138 Å². The van der Waals surface area contributed by atoms with Crippen LogP contribution in [-0.4, -0.2) is 237 Å². The molecule has 0 bridgehead atoms. The van der Waals surface area contributed by atoms with Gasteiger partial charge in [-0.15, -0.1) is 11.3 Å². The van der Waals surface area contributed by atoms with E-state index in [0.717, 1.165) is 167 Å². The van der Waals surface area contributed by atoms with Gasteiger partial charge in [-0.05, 0) is 166 Å². The molecule has 3 fully saturated rings. The third-order valence-electron chi connectivity index (χ3n) is 24.5. The molecule has 8 aromatic rings. The van der Waals surface area contributed by atoms with Crippen LogP contribution in [0.4, 0.5) is 17.1 Å². The van der Waals surface area contributed by atoms with Crippen LogP contribution < -0.4 is 58.5 Å². The summed E-state index contributed by atoms with van der Waals surface area (Å²) in [5.41, 5.74) is 11.5. The maximum Gasteiger partial charge on any atom is 0.261 e. The van der Waals surface area contributed by atoms with Crippen molar-refractivity contribution in [3.63, 3.8) is 0 Å². The van der Waals surface area contributed by atoms with Crippen molar-refractivity contribution >= 4 is 68.0 Å². The first-order chi connectivity index (χ1) is 58.9. The molecular weight excluding hydrogens is 1590 g/mol. The van der Waals surface area contributed by atoms with Crippen LogP contribution in [0.1, 0.15) is 178 Å². The van der Waals surface area contributed by atoms with Crippen molar-refractivity contribution in [3.8, 4) is 34.5 Å². The number of carbonyl (C=O) groups is 5. The Labute approximate surface area is 724 Å². The highest BCUT2D eigenvalue weighted by molar-refractivity contribution is 7.89. The molecule has 27 nitrogen and oxygen atoms in total. The number of piperazine rings is 3. The van der Waals surface area contributed by atoms with Gasteiger partial charge in [-0.2, -0.15) is 0 Å². The number of rotatable bonds is 33. The van der Waals surface area contributed by atoms with Gasteiger partial charge in [0.05, 0.1) is 65.7 Å². The van der Waals surface area contributed by atoms with E-state index in [-0.39, 0.29) is 59.2 Å². The fourth-order valence-electron chi connectivity index (χ4n) is 17.2. The van der Waals surface area contributed by atoms with Gasteiger partial charge in [-0.3, -0.25) is 24.0 Å². The number of sulfonamides is 1. The van der Waals surface area contributed by atoms with E-state index in [1.165, 1.54) is 28.9 Å². The number of nitrogens with zero attached hydrogens (tertiary/aromatic N) is 11. The van der Waals surface area contributed by atoms with Crippen molar-refractivity contribution in [1.82, 2.24) is 54.3 Å². The molecule has 6 aliphatic heterocycles. The number of carbonyl (C=O) groups excluding carboxylic acids is 5. The quantitative estimate of drug-likeness (QED) is 0.0323. The van der Waals surface area contributed by atoms with Crippen molar-refractivity contribution in [1.29, 1.82) is 0 Å². The molecule has 122 heavy (non-hydrogen) atoms. The number of anilines is 3. The smallest absolute Gasteiger partial charge is 0.261 e. The number of hydrogen-bond acceptors (Lipinski definition) is 21. The lowest BCUT2D eigenvalue weighted by Gasteiger charge is -2.36. The Morgan fingerprint density at radius 1 is 0.467 bits per heavy atom. The van der Waals surface area contributed by atoms with E-state index in [1.54, 1.807) is 61.2 Å². The number of hydrogen-bond donors (Lipinski definition) is 3. The van der Waals surface area contributed by atoms with Crippen LogP contribution in [0, 0.1) is 12.3 Å². The normalized spacial score (nSPS) is 16.4. The summed E-state index contributed by atoms with van der Waals surface area (Å²) in [5.74, 6) is 4.43. The lowest BCUT2D eigenvalue weighted by Crippen LogP contribution is -2.46. The summed E-state index contributed by atoms with van der Waals surface area (Å²) >= 11 is 1.43. The molecule has 0 aliphatic carbocycles. The Balaban J connectivity index is 0.000000168. The Kier molecular flexibility index (Phi) is 31.0. The third-order valence-corrected chi connectivity index (χ3v) is 26.7. The number of nitrogens with one attached hydrogen (secondary N) is 3. The molecule has 3 N–H and O–H groups in total. The monoisotopic (exact) mass is 1710 g/mol. The van der Waals surface area contributed by atoms with Crippen LogP contribution in [0.2, 0.25) is 0 Å². The van der Waals surface area contributed by atoms with Crippen LogP contribution >= 0.6 is 11.3 Å². The fraction of sp³-hybridized carbons (Fsp3) is 0.484. The Morgan fingerprint density at radius 3 is 1.13 bits per heavy atom. The van der Waals surface area contributed by atoms with Crippen LogP contribution in [0.5, 0.6) is 34.5 Å². The molecular formula is C93H124N14O13S2. The van der Waals surface area contributed by atoms with Gasteiger partial charge in [0, 0.05) is 187 Å². The van der Waals surface area contributed by atoms with E-state index in [1.807, 2.05) is 144 Å². The van der Waals surface area contributed by atoms with Gasteiger partial charge in [-0.1, -0.05) is 84.0 Å². The average Bonchev–Trinajstić information content (AvgIpc) is 1.62. The molecule has 6 aromatic carbocycles. The second-order valence-electron chi connectivity index (χ2n) is 32.7. The molecule has 2 aromatic heterocycles. The van der Waals surface area contributed by atoms with Gasteiger partial charge >= 0.3 is 0 Å². The number of aryl methyl sites for hydroxylation is 2. The Bertz CT molecular complexity index is 5010. The summed E-state index contributed by atoms with van der Waals surface area (Å²) in [7, 11) is 7.68. The number of amides is 5. The molecule has 0 unspecified atom stereocenters. The van der Waals surface area contributed by atoms with E-state index in [2.05, 4.69) is 88.7 Å². The summed E-state index contributed by atoms with van der Waals surface area (Å²) in [4.78, 5) is 91.9. The SMILES string of the molecule is CCN1CCN(c2cccc3c2CN([C@H](CCCNC(=O)C(C)(C)C)c2ccc(OC)c(OC)c2)C3=O)CC1.CCN1CCN(c2cccc3c2CN([C@H](CCCNC(=O)c2cccs2)c2ccc(OC)c(OC)c2)C3=O)CC1.CCN1CCN(c2cccc3c2CN([C@H](CCCNS(=O)(=O)c2cn(C)c(C)n2)c2ccc(OC)c(OC)c2)C3=O)CC1. The summed E-state index contributed by atoms with van der Waals surface area (Å²) in [5, 5.41) is 7.98.